The Kier molecular flexibility index (Phi) is 3.39. The largest absolute Gasteiger partial charge is 0.345 e. The van der Waals surface area contributed by atoms with E-state index in [4.69, 9.17) is 5.41 Å². The molecular weight excluding hydrogens is 271 g/mol. The molecule has 0 unspecified atom stereocenters. The maximum Gasteiger partial charge on any atom is 0.169 e. The average Bonchev–Trinajstić information content (AvgIpc) is 2.92. The number of H-pyrrole nitrogens is 1. The van der Waals surface area contributed by atoms with E-state index in [1.807, 2.05) is 6.92 Å². The Labute approximate surface area is 120 Å². The van der Waals surface area contributed by atoms with Crippen molar-refractivity contribution < 1.29 is 4.39 Å². The third kappa shape index (κ3) is 2.37. The Morgan fingerprint density at radius 1 is 1.38 bits per heavy atom. The van der Waals surface area contributed by atoms with E-state index in [1.165, 1.54) is 6.33 Å². The smallest absolute Gasteiger partial charge is 0.169 e. The summed E-state index contributed by atoms with van der Waals surface area (Å²) < 4.78 is 13.8. The first-order valence-electron chi connectivity index (χ1n) is 6.42. The van der Waals surface area contributed by atoms with Crippen LogP contribution in [0, 0.1) is 17.6 Å². The van der Waals surface area contributed by atoms with Crippen LogP contribution in [0.3, 0.4) is 0 Å². The fourth-order valence-electron chi connectivity index (χ4n) is 2.03. The fraction of sp³-hybridized carbons (Fsp3) is 0.143. The normalized spacial score (nSPS) is 11.0. The summed E-state index contributed by atoms with van der Waals surface area (Å²) in [6.45, 7) is 1.88. The number of nitrogens with one attached hydrogen (secondary N) is 2. The van der Waals surface area contributed by atoms with Crippen molar-refractivity contribution in [3.8, 4) is 11.4 Å². The van der Waals surface area contributed by atoms with Crippen LogP contribution in [0.15, 0.2) is 24.9 Å². The van der Waals surface area contributed by atoms with Crippen molar-refractivity contribution in [3.63, 3.8) is 0 Å². The zero-order chi connectivity index (χ0) is 14.8. The number of nitrogens with zero attached hydrogens (tertiary/aromatic N) is 4. The lowest BCUT2D eigenvalue weighted by atomic mass is 10.1. The molecule has 0 saturated heterocycles. The van der Waals surface area contributed by atoms with Crippen molar-refractivity contribution in [1.29, 1.82) is 5.41 Å². The molecule has 1 radical (unpaired) electrons. The third-order valence-corrected chi connectivity index (χ3v) is 3.00. The van der Waals surface area contributed by atoms with Crippen LogP contribution in [-0.2, 0) is 0 Å². The van der Waals surface area contributed by atoms with Crippen LogP contribution in [0.25, 0.3) is 22.4 Å². The van der Waals surface area contributed by atoms with Crippen molar-refractivity contribution in [2.45, 2.75) is 13.3 Å². The van der Waals surface area contributed by atoms with E-state index in [0.717, 1.165) is 11.6 Å². The molecule has 105 valence electrons. The molecular formula is C14H12FN6. The van der Waals surface area contributed by atoms with Crippen molar-refractivity contribution in [2.24, 2.45) is 0 Å². The Bertz CT molecular complexity index is 810. The molecule has 0 aliphatic carbocycles. The lowest BCUT2D eigenvalue weighted by molar-refractivity contribution is 0.610. The average molecular weight is 283 g/mol. The number of halogens is 1. The minimum Gasteiger partial charge on any atom is -0.345 e. The highest BCUT2D eigenvalue weighted by molar-refractivity contribution is 6.03. The Hall–Kier alpha value is -2.70. The second-order valence-corrected chi connectivity index (χ2v) is 4.40. The topological polar surface area (TPSA) is 91.2 Å². The van der Waals surface area contributed by atoms with Crippen molar-refractivity contribution >= 4 is 16.7 Å². The molecule has 0 aromatic carbocycles. The molecule has 3 heterocycles. The number of aromatic nitrogens is 5. The minimum absolute atomic E-state index is 0.00644. The van der Waals surface area contributed by atoms with Gasteiger partial charge in [-0.3, -0.25) is 0 Å². The maximum absolute atomic E-state index is 13.8. The lowest BCUT2D eigenvalue weighted by Crippen LogP contribution is -2.08. The van der Waals surface area contributed by atoms with Crippen molar-refractivity contribution in [1.82, 2.24) is 24.9 Å². The predicted molar refractivity (Wildman–Crippen MR) is 76.3 cm³/mol. The molecule has 0 bridgehead atoms. The Morgan fingerprint density at radius 3 is 3.05 bits per heavy atom. The Balaban J connectivity index is 2.11. The van der Waals surface area contributed by atoms with Gasteiger partial charge in [0.05, 0.1) is 11.9 Å². The van der Waals surface area contributed by atoms with E-state index in [1.54, 1.807) is 18.8 Å². The number of aromatic amines is 1. The van der Waals surface area contributed by atoms with Gasteiger partial charge in [-0.1, -0.05) is 6.92 Å². The van der Waals surface area contributed by atoms with E-state index in [2.05, 4.69) is 24.9 Å². The number of hydrogen-bond donors (Lipinski definition) is 2. The van der Waals surface area contributed by atoms with Gasteiger partial charge in [0, 0.05) is 29.8 Å². The molecule has 0 aliphatic heterocycles. The molecule has 0 atom stereocenters. The Morgan fingerprint density at radius 2 is 2.24 bits per heavy atom. The van der Waals surface area contributed by atoms with E-state index in [9.17, 15) is 4.39 Å². The van der Waals surface area contributed by atoms with Crippen LogP contribution in [0.2, 0.25) is 0 Å². The lowest BCUT2D eigenvalue weighted by Gasteiger charge is -2.05. The van der Waals surface area contributed by atoms with Crippen molar-refractivity contribution in [3.05, 3.63) is 42.8 Å². The van der Waals surface area contributed by atoms with E-state index in [-0.39, 0.29) is 11.4 Å². The molecule has 0 aliphatic rings. The van der Waals surface area contributed by atoms with Crippen LogP contribution < -0.4 is 0 Å². The van der Waals surface area contributed by atoms with Gasteiger partial charge in [0.1, 0.15) is 17.7 Å². The second-order valence-electron chi connectivity index (χ2n) is 4.40. The number of hydrogen-bond acceptors (Lipinski definition) is 5. The monoisotopic (exact) mass is 283 g/mol. The van der Waals surface area contributed by atoms with Crippen molar-refractivity contribution in [2.75, 3.05) is 0 Å². The molecule has 21 heavy (non-hydrogen) atoms. The van der Waals surface area contributed by atoms with Gasteiger partial charge in [0.15, 0.2) is 11.6 Å². The van der Waals surface area contributed by atoms with Crippen LogP contribution in [0.5, 0.6) is 0 Å². The number of fused-ring (bicyclic) bond motifs is 1. The molecule has 7 heteroatoms. The number of rotatable bonds is 4. The van der Waals surface area contributed by atoms with Gasteiger partial charge in [-0.2, -0.15) is 0 Å². The van der Waals surface area contributed by atoms with Gasteiger partial charge in [0.25, 0.3) is 0 Å². The SMILES string of the molecule is CC[CH]C(=N)c1nc(-c2c[nH]c3ncncc23)ncc1F. The molecule has 3 aromatic rings. The van der Waals surface area contributed by atoms with Gasteiger partial charge in [-0.15, -0.1) is 0 Å². The molecule has 2 N–H and O–H groups in total. The van der Waals surface area contributed by atoms with Gasteiger partial charge >= 0.3 is 0 Å². The van der Waals surface area contributed by atoms with E-state index >= 15 is 0 Å². The van der Waals surface area contributed by atoms with Gasteiger partial charge in [0.2, 0.25) is 0 Å². The first-order chi connectivity index (χ1) is 10.2. The molecule has 0 saturated carbocycles. The van der Waals surface area contributed by atoms with Crippen LogP contribution in [0.1, 0.15) is 19.0 Å². The fourth-order valence-corrected chi connectivity index (χ4v) is 2.03. The first-order valence-corrected chi connectivity index (χ1v) is 6.42. The minimum atomic E-state index is -0.607. The molecule has 0 fully saturated rings. The third-order valence-electron chi connectivity index (χ3n) is 3.00. The second kappa shape index (κ2) is 5.35. The summed E-state index contributed by atoms with van der Waals surface area (Å²) in [7, 11) is 0. The summed E-state index contributed by atoms with van der Waals surface area (Å²) in [4.78, 5) is 19.2. The van der Waals surface area contributed by atoms with Gasteiger partial charge < -0.3 is 10.4 Å². The summed E-state index contributed by atoms with van der Waals surface area (Å²) in [5.74, 6) is -0.272. The zero-order valence-corrected chi connectivity index (χ0v) is 11.3. The maximum atomic E-state index is 13.8. The predicted octanol–water partition coefficient (Wildman–Crippen LogP) is 2.54. The highest BCUT2D eigenvalue weighted by Crippen LogP contribution is 2.24. The standard InChI is InChI=1S/C14H12FN6/c1-2-3-11(16)12-10(15)6-19-14(21-12)9-5-18-13-8(9)4-17-7-20-13/h3-7,16H,2H2,1H3,(H,17,18,20). The zero-order valence-electron chi connectivity index (χ0n) is 11.3. The molecule has 3 rings (SSSR count). The molecule has 0 amide bonds. The van der Waals surface area contributed by atoms with Crippen LogP contribution in [0.4, 0.5) is 4.39 Å². The molecule has 3 aromatic heterocycles. The van der Waals surface area contributed by atoms with Gasteiger partial charge in [-0.05, 0) is 6.42 Å². The van der Waals surface area contributed by atoms with Gasteiger partial charge in [-0.25, -0.2) is 24.3 Å². The molecule has 0 spiro atoms. The van der Waals surface area contributed by atoms with Crippen LogP contribution >= 0.6 is 0 Å². The summed E-state index contributed by atoms with van der Waals surface area (Å²) in [5.41, 5.74) is 1.38. The summed E-state index contributed by atoms with van der Waals surface area (Å²) in [6, 6.07) is 0. The molecule has 6 nitrogen and oxygen atoms in total. The van der Waals surface area contributed by atoms with E-state index in [0.29, 0.717) is 23.5 Å². The summed E-state index contributed by atoms with van der Waals surface area (Å²) in [6.07, 6.45) is 8.10. The highest BCUT2D eigenvalue weighted by atomic mass is 19.1. The highest BCUT2D eigenvalue weighted by Gasteiger charge is 2.15. The first kappa shape index (κ1) is 13.3. The van der Waals surface area contributed by atoms with E-state index < -0.39 is 5.82 Å². The summed E-state index contributed by atoms with van der Waals surface area (Å²) in [5, 5.41) is 8.59. The summed E-state index contributed by atoms with van der Waals surface area (Å²) >= 11 is 0. The van der Waals surface area contributed by atoms with Crippen LogP contribution in [-0.4, -0.2) is 30.6 Å². The quantitative estimate of drug-likeness (QED) is 0.720.